The Bertz CT molecular complexity index is 975. The Morgan fingerprint density at radius 2 is 1.32 bits per heavy atom. The summed E-state index contributed by atoms with van der Waals surface area (Å²) >= 11 is 0. The van der Waals surface area contributed by atoms with E-state index in [1.807, 2.05) is 0 Å². The number of anilines is 2. The second kappa shape index (κ2) is 19.4. The van der Waals surface area contributed by atoms with E-state index in [4.69, 9.17) is 28.4 Å². The Morgan fingerprint density at radius 3 is 1.90 bits per heavy atom. The van der Waals surface area contributed by atoms with Gasteiger partial charge in [0, 0.05) is 12.3 Å². The molecule has 0 aliphatic heterocycles. The van der Waals surface area contributed by atoms with Gasteiger partial charge in [-0.1, -0.05) is 38.5 Å². The monoisotopic (exact) mass is 571 g/mol. The van der Waals surface area contributed by atoms with Gasteiger partial charge in [-0.25, -0.2) is 4.79 Å². The predicted molar refractivity (Wildman–Crippen MR) is 145 cm³/mol. The van der Waals surface area contributed by atoms with E-state index >= 15 is 0 Å². The summed E-state index contributed by atoms with van der Waals surface area (Å²) in [6, 6.07) is 11.2. The van der Waals surface area contributed by atoms with Crippen molar-refractivity contribution >= 4 is 17.3 Å². The molecule has 2 rings (SSSR count). The lowest BCUT2D eigenvalue weighted by Gasteiger charge is -2.13. The number of halogens is 3. The summed E-state index contributed by atoms with van der Waals surface area (Å²) in [7, 11) is 0. The summed E-state index contributed by atoms with van der Waals surface area (Å²) in [5.74, 6) is -0.0525. The normalized spacial score (nSPS) is 12.3. The van der Waals surface area contributed by atoms with Crippen LogP contribution in [0.3, 0.4) is 0 Å². The highest BCUT2D eigenvalue weighted by Crippen LogP contribution is 2.32. The van der Waals surface area contributed by atoms with Crippen molar-refractivity contribution in [3.63, 3.8) is 0 Å². The number of hydrogen-bond donors (Lipinski definition) is 1. The lowest BCUT2D eigenvalue weighted by molar-refractivity contribution is -0.137. The number of hydrogen-bond acceptors (Lipinski definition) is 8. The van der Waals surface area contributed by atoms with Crippen molar-refractivity contribution in [1.82, 2.24) is 0 Å². The molecule has 1 N–H and O–H groups in total. The lowest BCUT2D eigenvalue weighted by Crippen LogP contribution is -2.15. The number of benzene rings is 2. The summed E-state index contributed by atoms with van der Waals surface area (Å²) in [4.78, 5) is 12.5. The number of carbonyl (C=O) groups excluding carboxylic acids is 1. The Labute approximate surface area is 234 Å². The maximum atomic E-state index is 13.0. The zero-order valence-corrected chi connectivity index (χ0v) is 23.2. The highest BCUT2D eigenvalue weighted by molar-refractivity contribution is 5.96. The Kier molecular flexibility index (Phi) is 16.2. The molecule has 0 spiro atoms. The molecule has 40 heavy (non-hydrogen) atoms. The number of alkyl halides is 3. The number of para-hydroxylation sites is 1. The molecule has 2 aromatic rings. The Morgan fingerprint density at radius 1 is 0.775 bits per heavy atom. The minimum absolute atomic E-state index is 0.0164. The van der Waals surface area contributed by atoms with E-state index in [0.29, 0.717) is 64.5 Å². The van der Waals surface area contributed by atoms with Crippen molar-refractivity contribution in [3.05, 3.63) is 59.7 Å². The summed E-state index contributed by atoms with van der Waals surface area (Å²) < 4.78 is 71.4. The average molecular weight is 572 g/mol. The van der Waals surface area contributed by atoms with E-state index in [2.05, 4.69) is 19.2 Å². The quantitative estimate of drug-likeness (QED) is 0.150. The first kappa shape index (κ1) is 33.5. The fourth-order valence-electron chi connectivity index (χ4n) is 3.25. The lowest BCUT2D eigenvalue weighted by atomic mass is 10.1. The van der Waals surface area contributed by atoms with Gasteiger partial charge in [0.25, 0.3) is 0 Å². The van der Waals surface area contributed by atoms with Gasteiger partial charge in [-0.15, -0.1) is 0 Å². The van der Waals surface area contributed by atoms with Gasteiger partial charge >= 0.3 is 12.1 Å². The molecule has 2 aromatic carbocycles. The number of carbonyl (C=O) groups is 1. The Hall–Kier alpha value is -2.70. The molecule has 8 nitrogen and oxygen atoms in total. The van der Waals surface area contributed by atoms with Crippen LogP contribution in [-0.4, -0.2) is 78.6 Å². The zero-order chi connectivity index (χ0) is 29.1. The first-order valence-electron chi connectivity index (χ1n) is 13.4. The second-order valence-electron chi connectivity index (χ2n) is 8.92. The SMILES string of the molecule is CCC(C)COCCOCCOCCOCCOCCOC(=O)c1ccccc1Nc1cccc(C(F)(F)F)c1. The van der Waals surface area contributed by atoms with E-state index in [9.17, 15) is 18.0 Å². The molecule has 0 fully saturated rings. The highest BCUT2D eigenvalue weighted by Gasteiger charge is 2.30. The standard InChI is InChI=1S/C29H40F3NO7/c1-3-23(2)22-39-18-17-37-14-13-35-11-12-36-15-16-38-19-20-40-28(34)26-9-4-5-10-27(26)33-25-8-6-7-24(21-25)29(30,31)32/h4-10,21,23,33H,3,11-20,22H2,1-2H3. The maximum Gasteiger partial charge on any atom is 0.416 e. The largest absolute Gasteiger partial charge is 0.460 e. The third kappa shape index (κ3) is 14.1. The molecule has 1 atom stereocenters. The minimum Gasteiger partial charge on any atom is -0.460 e. The number of nitrogens with one attached hydrogen (secondary N) is 1. The van der Waals surface area contributed by atoms with Crippen LogP contribution in [0.15, 0.2) is 48.5 Å². The second-order valence-corrected chi connectivity index (χ2v) is 8.92. The molecular formula is C29H40F3NO7. The van der Waals surface area contributed by atoms with E-state index in [1.165, 1.54) is 18.2 Å². The van der Waals surface area contributed by atoms with Crippen LogP contribution in [0.25, 0.3) is 0 Å². The minimum atomic E-state index is -4.47. The van der Waals surface area contributed by atoms with E-state index < -0.39 is 17.7 Å². The van der Waals surface area contributed by atoms with E-state index in [0.717, 1.165) is 25.2 Å². The van der Waals surface area contributed by atoms with Gasteiger partial charge in [-0.2, -0.15) is 13.2 Å². The fraction of sp³-hybridized carbons (Fsp3) is 0.552. The van der Waals surface area contributed by atoms with Gasteiger partial charge < -0.3 is 33.7 Å². The number of rotatable bonds is 21. The van der Waals surface area contributed by atoms with Crippen molar-refractivity contribution in [2.24, 2.45) is 5.92 Å². The van der Waals surface area contributed by atoms with Crippen LogP contribution >= 0.6 is 0 Å². The van der Waals surface area contributed by atoms with Crippen LogP contribution in [0.2, 0.25) is 0 Å². The van der Waals surface area contributed by atoms with Gasteiger partial charge in [-0.3, -0.25) is 0 Å². The first-order chi connectivity index (χ1) is 19.3. The van der Waals surface area contributed by atoms with Crippen molar-refractivity contribution in [2.75, 3.05) is 78.0 Å². The highest BCUT2D eigenvalue weighted by atomic mass is 19.4. The third-order valence-corrected chi connectivity index (χ3v) is 5.66. The topological polar surface area (TPSA) is 84.5 Å². The molecular weight excluding hydrogens is 531 g/mol. The molecule has 0 saturated carbocycles. The molecule has 224 valence electrons. The van der Waals surface area contributed by atoms with Crippen molar-refractivity contribution in [2.45, 2.75) is 26.4 Å². The van der Waals surface area contributed by atoms with Gasteiger partial charge in [0.1, 0.15) is 6.61 Å². The van der Waals surface area contributed by atoms with Crippen molar-refractivity contribution in [1.29, 1.82) is 0 Å². The average Bonchev–Trinajstić information content (AvgIpc) is 2.94. The van der Waals surface area contributed by atoms with E-state index in [1.54, 1.807) is 18.2 Å². The van der Waals surface area contributed by atoms with Gasteiger partial charge in [-0.05, 0) is 36.2 Å². The number of ether oxygens (including phenoxy) is 6. The van der Waals surface area contributed by atoms with Crippen LogP contribution in [0.1, 0.15) is 36.2 Å². The van der Waals surface area contributed by atoms with Gasteiger partial charge in [0.15, 0.2) is 0 Å². The third-order valence-electron chi connectivity index (χ3n) is 5.66. The molecule has 0 aromatic heterocycles. The zero-order valence-electron chi connectivity index (χ0n) is 23.2. The summed E-state index contributed by atoms with van der Waals surface area (Å²) in [6.45, 7) is 8.90. The van der Waals surface area contributed by atoms with Crippen LogP contribution in [0.4, 0.5) is 24.5 Å². The molecule has 0 aliphatic carbocycles. The Balaban J connectivity index is 1.51. The molecule has 0 aliphatic rings. The first-order valence-corrected chi connectivity index (χ1v) is 13.4. The van der Waals surface area contributed by atoms with Crippen molar-refractivity contribution in [3.8, 4) is 0 Å². The van der Waals surface area contributed by atoms with Gasteiger partial charge in [0.2, 0.25) is 0 Å². The maximum absolute atomic E-state index is 13.0. The summed E-state index contributed by atoms with van der Waals surface area (Å²) in [6.07, 6.45) is -3.36. The predicted octanol–water partition coefficient (Wildman–Crippen LogP) is 5.73. The van der Waals surface area contributed by atoms with Crippen LogP contribution < -0.4 is 5.32 Å². The molecule has 0 heterocycles. The van der Waals surface area contributed by atoms with Crippen LogP contribution in [-0.2, 0) is 34.6 Å². The van der Waals surface area contributed by atoms with Crippen LogP contribution in [0.5, 0.6) is 0 Å². The summed E-state index contributed by atoms with van der Waals surface area (Å²) in [5.41, 5.74) is -0.0509. The van der Waals surface area contributed by atoms with Crippen molar-refractivity contribution < 1.29 is 46.4 Å². The molecule has 11 heteroatoms. The molecule has 0 saturated heterocycles. The van der Waals surface area contributed by atoms with Crippen LogP contribution in [0, 0.1) is 5.92 Å². The smallest absolute Gasteiger partial charge is 0.416 e. The molecule has 1 unspecified atom stereocenters. The number of esters is 1. The van der Waals surface area contributed by atoms with E-state index in [-0.39, 0.29) is 24.5 Å². The molecule has 0 bridgehead atoms. The summed E-state index contributed by atoms with van der Waals surface area (Å²) in [5, 5.41) is 2.86. The fourth-order valence-corrected chi connectivity index (χ4v) is 3.25. The molecule has 0 radical (unpaired) electrons. The molecule has 0 amide bonds. The van der Waals surface area contributed by atoms with Gasteiger partial charge in [0.05, 0.1) is 76.3 Å².